The molecule has 0 bridgehead atoms. The molecule has 5 heteroatoms. The largest absolute Gasteiger partial charge is 0.376 e. The zero-order valence-corrected chi connectivity index (χ0v) is 14.5. The first kappa shape index (κ1) is 17.4. The third kappa shape index (κ3) is 5.58. The molecule has 1 aromatic carbocycles. The van der Waals surface area contributed by atoms with Gasteiger partial charge in [-0.2, -0.15) is 0 Å². The number of rotatable bonds is 7. The van der Waals surface area contributed by atoms with Crippen LogP contribution in [0.5, 0.6) is 0 Å². The third-order valence-corrected chi connectivity index (χ3v) is 4.94. The van der Waals surface area contributed by atoms with E-state index in [4.69, 9.17) is 4.74 Å². The van der Waals surface area contributed by atoms with E-state index in [9.17, 15) is 4.79 Å². The molecule has 2 heterocycles. The zero-order valence-electron chi connectivity index (χ0n) is 14.5. The van der Waals surface area contributed by atoms with Crippen LogP contribution in [0.3, 0.4) is 0 Å². The second kappa shape index (κ2) is 9.16. The fourth-order valence-electron chi connectivity index (χ4n) is 3.39. The Kier molecular flexibility index (Phi) is 6.64. The average Bonchev–Trinajstić information content (AvgIpc) is 3.14. The average molecular weight is 331 g/mol. The Labute approximate surface area is 145 Å². The quantitative estimate of drug-likeness (QED) is 0.814. The molecule has 0 unspecified atom stereocenters. The summed E-state index contributed by atoms with van der Waals surface area (Å²) in [6, 6.07) is 10.6. The van der Waals surface area contributed by atoms with Gasteiger partial charge in [-0.05, 0) is 24.8 Å². The zero-order chi connectivity index (χ0) is 16.6. The Morgan fingerprint density at radius 1 is 1.12 bits per heavy atom. The van der Waals surface area contributed by atoms with Crippen LogP contribution in [0.4, 0.5) is 0 Å². The standard InChI is InChI=1S/C19H29N3O2/c23-19(20-15-18-7-4-14-24-18)16-22-12-10-21(11-13-22)9-8-17-5-2-1-3-6-17/h1-3,5-6,18H,4,7-16H2,(H,20,23)/t18-/m0/s1. The molecule has 2 fully saturated rings. The second-order valence-corrected chi connectivity index (χ2v) is 6.79. The summed E-state index contributed by atoms with van der Waals surface area (Å²) >= 11 is 0. The fraction of sp³-hybridized carbons (Fsp3) is 0.632. The molecular formula is C19H29N3O2. The monoisotopic (exact) mass is 331 g/mol. The van der Waals surface area contributed by atoms with Gasteiger partial charge in [-0.3, -0.25) is 9.69 Å². The molecule has 1 aromatic rings. The van der Waals surface area contributed by atoms with Crippen molar-refractivity contribution >= 4 is 5.91 Å². The van der Waals surface area contributed by atoms with E-state index in [2.05, 4.69) is 45.4 Å². The SMILES string of the molecule is O=C(CN1CCN(CCc2ccccc2)CC1)NC[C@@H]1CCCO1. The van der Waals surface area contributed by atoms with Gasteiger partial charge in [-0.25, -0.2) is 0 Å². The predicted molar refractivity (Wildman–Crippen MR) is 95.0 cm³/mol. The maximum Gasteiger partial charge on any atom is 0.234 e. The maximum atomic E-state index is 12.0. The van der Waals surface area contributed by atoms with E-state index in [0.29, 0.717) is 13.1 Å². The van der Waals surface area contributed by atoms with Crippen LogP contribution in [0.1, 0.15) is 18.4 Å². The van der Waals surface area contributed by atoms with Gasteiger partial charge in [0.2, 0.25) is 5.91 Å². The molecular weight excluding hydrogens is 302 g/mol. The Balaban J connectivity index is 1.29. The van der Waals surface area contributed by atoms with Gasteiger partial charge in [0.1, 0.15) is 0 Å². The Morgan fingerprint density at radius 2 is 1.88 bits per heavy atom. The van der Waals surface area contributed by atoms with Crippen molar-refractivity contribution in [1.82, 2.24) is 15.1 Å². The van der Waals surface area contributed by atoms with E-state index in [1.807, 2.05) is 0 Å². The lowest BCUT2D eigenvalue weighted by atomic mass is 10.1. The lowest BCUT2D eigenvalue weighted by Crippen LogP contribution is -2.50. The molecule has 2 aliphatic rings. The lowest BCUT2D eigenvalue weighted by Gasteiger charge is -2.34. The number of hydrogen-bond donors (Lipinski definition) is 1. The fourth-order valence-corrected chi connectivity index (χ4v) is 3.39. The van der Waals surface area contributed by atoms with Crippen LogP contribution in [0.2, 0.25) is 0 Å². The number of ether oxygens (including phenoxy) is 1. The first-order valence-corrected chi connectivity index (χ1v) is 9.16. The van der Waals surface area contributed by atoms with Crippen molar-refractivity contribution in [2.75, 3.05) is 52.4 Å². The van der Waals surface area contributed by atoms with E-state index < -0.39 is 0 Å². The number of amides is 1. The van der Waals surface area contributed by atoms with E-state index in [1.54, 1.807) is 0 Å². The van der Waals surface area contributed by atoms with Gasteiger partial charge >= 0.3 is 0 Å². The molecule has 0 saturated carbocycles. The summed E-state index contributed by atoms with van der Waals surface area (Å²) in [7, 11) is 0. The van der Waals surface area contributed by atoms with Gasteiger partial charge < -0.3 is 15.0 Å². The van der Waals surface area contributed by atoms with Crippen molar-refractivity contribution < 1.29 is 9.53 Å². The molecule has 1 amide bonds. The van der Waals surface area contributed by atoms with Crippen LogP contribution in [0.25, 0.3) is 0 Å². The lowest BCUT2D eigenvalue weighted by molar-refractivity contribution is -0.123. The van der Waals surface area contributed by atoms with Gasteiger partial charge in [-0.1, -0.05) is 30.3 Å². The van der Waals surface area contributed by atoms with Gasteiger partial charge in [-0.15, -0.1) is 0 Å². The summed E-state index contributed by atoms with van der Waals surface area (Å²) in [5, 5.41) is 3.01. The number of benzene rings is 1. The molecule has 24 heavy (non-hydrogen) atoms. The minimum atomic E-state index is 0.128. The molecule has 0 radical (unpaired) electrons. The Morgan fingerprint density at radius 3 is 2.58 bits per heavy atom. The van der Waals surface area contributed by atoms with Crippen molar-refractivity contribution in [2.45, 2.75) is 25.4 Å². The number of carbonyl (C=O) groups is 1. The molecule has 132 valence electrons. The van der Waals surface area contributed by atoms with Crippen molar-refractivity contribution in [3.05, 3.63) is 35.9 Å². The molecule has 0 aliphatic carbocycles. The Bertz CT molecular complexity index is 495. The van der Waals surface area contributed by atoms with Gasteiger partial charge in [0.15, 0.2) is 0 Å². The molecule has 5 nitrogen and oxygen atoms in total. The highest BCUT2D eigenvalue weighted by Gasteiger charge is 2.20. The topological polar surface area (TPSA) is 44.8 Å². The van der Waals surface area contributed by atoms with Crippen LogP contribution >= 0.6 is 0 Å². The highest BCUT2D eigenvalue weighted by molar-refractivity contribution is 5.78. The van der Waals surface area contributed by atoms with Gasteiger partial charge in [0.25, 0.3) is 0 Å². The number of hydrogen-bond acceptors (Lipinski definition) is 4. The molecule has 2 aliphatic heterocycles. The summed E-state index contributed by atoms with van der Waals surface area (Å²) in [4.78, 5) is 16.8. The van der Waals surface area contributed by atoms with Crippen molar-refractivity contribution in [3.63, 3.8) is 0 Å². The van der Waals surface area contributed by atoms with Crippen LogP contribution < -0.4 is 5.32 Å². The summed E-state index contributed by atoms with van der Waals surface area (Å²) in [6.45, 7) is 7.16. The van der Waals surface area contributed by atoms with Crippen LogP contribution in [0, 0.1) is 0 Å². The second-order valence-electron chi connectivity index (χ2n) is 6.79. The van der Waals surface area contributed by atoms with E-state index in [-0.39, 0.29) is 12.0 Å². The minimum Gasteiger partial charge on any atom is -0.376 e. The first-order valence-electron chi connectivity index (χ1n) is 9.16. The van der Waals surface area contributed by atoms with Crippen LogP contribution in [-0.4, -0.2) is 74.2 Å². The Hall–Kier alpha value is -1.43. The maximum absolute atomic E-state index is 12.0. The predicted octanol–water partition coefficient (Wildman–Crippen LogP) is 1.14. The van der Waals surface area contributed by atoms with Crippen LogP contribution in [0.15, 0.2) is 30.3 Å². The summed E-state index contributed by atoms with van der Waals surface area (Å²) in [6.07, 6.45) is 3.51. The molecule has 1 atom stereocenters. The van der Waals surface area contributed by atoms with Crippen LogP contribution in [-0.2, 0) is 16.0 Å². The molecule has 3 rings (SSSR count). The normalized spacial score (nSPS) is 22.6. The summed E-state index contributed by atoms with van der Waals surface area (Å²) in [5.74, 6) is 0.128. The third-order valence-electron chi connectivity index (χ3n) is 4.94. The first-order chi connectivity index (χ1) is 11.8. The summed E-state index contributed by atoms with van der Waals surface area (Å²) in [5.41, 5.74) is 1.40. The molecule has 1 N–H and O–H groups in total. The number of piperazine rings is 1. The van der Waals surface area contributed by atoms with Crippen molar-refractivity contribution in [1.29, 1.82) is 0 Å². The highest BCUT2D eigenvalue weighted by Crippen LogP contribution is 2.10. The number of nitrogens with zero attached hydrogens (tertiary/aromatic N) is 2. The van der Waals surface area contributed by atoms with Crippen molar-refractivity contribution in [3.8, 4) is 0 Å². The minimum absolute atomic E-state index is 0.128. The summed E-state index contributed by atoms with van der Waals surface area (Å²) < 4.78 is 5.54. The van der Waals surface area contributed by atoms with E-state index in [1.165, 1.54) is 5.56 Å². The van der Waals surface area contributed by atoms with Crippen molar-refractivity contribution in [2.24, 2.45) is 0 Å². The smallest absolute Gasteiger partial charge is 0.234 e. The van der Waals surface area contributed by atoms with Gasteiger partial charge in [0.05, 0.1) is 12.6 Å². The van der Waals surface area contributed by atoms with E-state index >= 15 is 0 Å². The highest BCUT2D eigenvalue weighted by atomic mass is 16.5. The molecule has 0 aromatic heterocycles. The van der Waals surface area contributed by atoms with E-state index in [0.717, 1.165) is 58.6 Å². The number of carbonyl (C=O) groups excluding carboxylic acids is 1. The van der Waals surface area contributed by atoms with Gasteiger partial charge in [0, 0.05) is 45.9 Å². The molecule has 0 spiro atoms. The number of nitrogens with one attached hydrogen (secondary N) is 1. The molecule has 2 saturated heterocycles.